The van der Waals surface area contributed by atoms with Crippen LogP contribution in [0.4, 0.5) is 10.7 Å². The van der Waals surface area contributed by atoms with E-state index in [9.17, 15) is 4.79 Å². The topological polar surface area (TPSA) is 91.5 Å². The number of pyridine rings is 1. The molecule has 19 heavy (non-hydrogen) atoms. The Morgan fingerprint density at radius 2 is 2.37 bits per heavy atom. The van der Waals surface area contributed by atoms with Crippen molar-refractivity contribution in [2.24, 2.45) is 0 Å². The molecule has 0 aliphatic rings. The number of hydrogen-bond acceptors (Lipinski definition) is 4. The van der Waals surface area contributed by atoms with Crippen molar-refractivity contribution in [3.63, 3.8) is 0 Å². The van der Waals surface area contributed by atoms with E-state index >= 15 is 0 Å². The average molecular weight is 328 g/mol. The van der Waals surface area contributed by atoms with Crippen molar-refractivity contribution in [1.29, 1.82) is 0 Å². The van der Waals surface area contributed by atoms with Gasteiger partial charge in [-0.2, -0.15) is 4.98 Å². The second-order valence-corrected chi connectivity index (χ2v) is 4.89. The summed E-state index contributed by atoms with van der Waals surface area (Å²) >= 11 is 3.33. The normalized spacial score (nSPS) is 12.4. The van der Waals surface area contributed by atoms with Crippen molar-refractivity contribution in [3.8, 4) is 0 Å². The molecule has 0 bridgehead atoms. The van der Waals surface area contributed by atoms with Gasteiger partial charge in [-0.3, -0.25) is 5.32 Å². The molecule has 0 aliphatic carbocycles. The van der Waals surface area contributed by atoms with Gasteiger partial charge in [-0.15, -0.1) is 5.10 Å². The number of urea groups is 1. The van der Waals surface area contributed by atoms with Crippen LogP contribution in [-0.2, 0) is 0 Å². The molecule has 2 heterocycles. The molecular weight excluding hydrogens is 314 g/mol. The number of carbonyl (C=O) groups excluding carboxylic acids is 1. The highest BCUT2D eigenvalue weighted by molar-refractivity contribution is 9.10. The summed E-state index contributed by atoms with van der Waals surface area (Å²) < 4.78 is 2.43. The summed E-state index contributed by atoms with van der Waals surface area (Å²) in [6, 6.07) is 2.91. The number of halogens is 1. The molecule has 2 aromatic rings. The molecule has 1 atom stereocenters. The van der Waals surface area contributed by atoms with Crippen LogP contribution in [0.5, 0.6) is 0 Å². The van der Waals surface area contributed by atoms with Crippen LogP contribution in [-0.4, -0.2) is 38.4 Å². The Bertz CT molecular complexity index is 581. The van der Waals surface area contributed by atoms with Crippen LogP contribution < -0.4 is 10.6 Å². The highest BCUT2D eigenvalue weighted by Crippen LogP contribution is 2.12. The zero-order chi connectivity index (χ0) is 13.8. The zero-order valence-corrected chi connectivity index (χ0v) is 11.9. The molecule has 0 spiro atoms. The predicted octanol–water partition coefficient (Wildman–Crippen LogP) is 1.38. The predicted molar refractivity (Wildman–Crippen MR) is 74.0 cm³/mol. The minimum Gasteiger partial charge on any atom is -0.394 e. The number of aliphatic hydroxyl groups excluding tert-OH is 1. The van der Waals surface area contributed by atoms with Crippen LogP contribution in [0, 0.1) is 0 Å². The summed E-state index contributed by atoms with van der Waals surface area (Å²) in [4.78, 5) is 15.8. The fourth-order valence-corrected chi connectivity index (χ4v) is 1.84. The van der Waals surface area contributed by atoms with Gasteiger partial charge in [0.2, 0.25) is 0 Å². The molecule has 0 fully saturated rings. The van der Waals surface area contributed by atoms with Crippen molar-refractivity contribution in [2.75, 3.05) is 11.9 Å². The highest BCUT2D eigenvalue weighted by Gasteiger charge is 2.11. The Morgan fingerprint density at radius 1 is 1.58 bits per heavy atom. The van der Waals surface area contributed by atoms with Gasteiger partial charge in [0.15, 0.2) is 5.65 Å². The number of aromatic nitrogens is 3. The van der Waals surface area contributed by atoms with Crippen molar-refractivity contribution >= 4 is 33.6 Å². The average Bonchev–Trinajstić information content (AvgIpc) is 2.77. The van der Waals surface area contributed by atoms with Gasteiger partial charge in [0.25, 0.3) is 5.95 Å². The summed E-state index contributed by atoms with van der Waals surface area (Å²) in [5.41, 5.74) is 0.632. The third-order valence-corrected chi connectivity index (χ3v) is 3.04. The first kappa shape index (κ1) is 13.8. The Hall–Kier alpha value is -1.67. The largest absolute Gasteiger partial charge is 0.394 e. The van der Waals surface area contributed by atoms with Crippen molar-refractivity contribution in [3.05, 3.63) is 22.8 Å². The summed E-state index contributed by atoms with van der Waals surface area (Å²) in [5.74, 6) is 0.211. The Labute approximate surface area is 118 Å². The molecule has 0 aromatic carbocycles. The molecule has 0 unspecified atom stereocenters. The van der Waals surface area contributed by atoms with Crippen LogP contribution in [0.25, 0.3) is 5.65 Å². The third-order valence-electron chi connectivity index (χ3n) is 2.57. The molecule has 7 nitrogen and oxygen atoms in total. The van der Waals surface area contributed by atoms with Crippen molar-refractivity contribution < 1.29 is 9.90 Å². The Balaban J connectivity index is 2.06. The van der Waals surface area contributed by atoms with E-state index in [0.717, 1.165) is 4.47 Å². The van der Waals surface area contributed by atoms with Gasteiger partial charge >= 0.3 is 6.03 Å². The minimum atomic E-state index is -0.434. The number of amides is 2. The first-order chi connectivity index (χ1) is 9.12. The quantitative estimate of drug-likeness (QED) is 0.791. The standard InChI is InChI=1S/C11H14BrN5O2/c1-2-8(6-18)13-11(19)15-10-14-9-4-3-7(12)5-17(9)16-10/h3-5,8,18H,2,6H2,1H3,(H2,13,15,16,19)/t8-/m1/s1. The summed E-state index contributed by atoms with van der Waals surface area (Å²) in [5, 5.41) is 18.3. The summed E-state index contributed by atoms with van der Waals surface area (Å²) in [6.07, 6.45) is 2.39. The van der Waals surface area contributed by atoms with E-state index in [0.29, 0.717) is 12.1 Å². The molecule has 0 radical (unpaired) electrons. The number of nitrogens with one attached hydrogen (secondary N) is 2. The molecule has 0 saturated heterocycles. The van der Waals surface area contributed by atoms with E-state index in [1.807, 2.05) is 13.0 Å². The number of aliphatic hydroxyl groups is 1. The van der Waals surface area contributed by atoms with Crippen LogP contribution in [0.15, 0.2) is 22.8 Å². The van der Waals surface area contributed by atoms with Crippen LogP contribution >= 0.6 is 15.9 Å². The summed E-state index contributed by atoms with van der Waals surface area (Å²) in [6.45, 7) is 1.78. The van der Waals surface area contributed by atoms with E-state index in [2.05, 4.69) is 36.6 Å². The maximum absolute atomic E-state index is 11.7. The molecule has 8 heteroatoms. The number of fused-ring (bicyclic) bond motifs is 1. The molecule has 0 saturated carbocycles. The number of rotatable bonds is 4. The second kappa shape index (κ2) is 5.98. The lowest BCUT2D eigenvalue weighted by molar-refractivity contribution is 0.222. The molecule has 2 amide bonds. The van der Waals surface area contributed by atoms with Gasteiger partial charge in [-0.05, 0) is 34.5 Å². The number of carbonyl (C=O) groups is 1. The van der Waals surface area contributed by atoms with Crippen LogP contribution in [0.1, 0.15) is 13.3 Å². The highest BCUT2D eigenvalue weighted by atomic mass is 79.9. The van der Waals surface area contributed by atoms with Crippen LogP contribution in [0.3, 0.4) is 0 Å². The van der Waals surface area contributed by atoms with E-state index < -0.39 is 6.03 Å². The SMILES string of the molecule is CC[C@H](CO)NC(=O)Nc1nc2ccc(Br)cn2n1. The lowest BCUT2D eigenvalue weighted by Gasteiger charge is -2.13. The van der Waals surface area contributed by atoms with E-state index in [-0.39, 0.29) is 18.6 Å². The third kappa shape index (κ3) is 3.42. The molecule has 2 rings (SSSR count). The molecule has 0 aliphatic heterocycles. The second-order valence-electron chi connectivity index (χ2n) is 3.97. The molecular formula is C11H14BrN5O2. The van der Waals surface area contributed by atoms with Crippen LogP contribution in [0.2, 0.25) is 0 Å². The number of nitrogens with zero attached hydrogens (tertiary/aromatic N) is 3. The molecule has 102 valence electrons. The van der Waals surface area contributed by atoms with Gasteiger partial charge in [0.1, 0.15) is 0 Å². The summed E-state index contributed by atoms with van der Waals surface area (Å²) in [7, 11) is 0. The maximum Gasteiger partial charge on any atom is 0.321 e. The first-order valence-electron chi connectivity index (χ1n) is 5.82. The first-order valence-corrected chi connectivity index (χ1v) is 6.62. The van der Waals surface area contributed by atoms with Gasteiger partial charge in [0.05, 0.1) is 12.6 Å². The fourth-order valence-electron chi connectivity index (χ4n) is 1.51. The van der Waals surface area contributed by atoms with Gasteiger partial charge in [0, 0.05) is 10.7 Å². The van der Waals surface area contributed by atoms with E-state index in [1.165, 1.54) is 0 Å². The van der Waals surface area contributed by atoms with Crippen molar-refractivity contribution in [1.82, 2.24) is 19.9 Å². The Morgan fingerprint density at radius 3 is 3.05 bits per heavy atom. The number of hydrogen-bond donors (Lipinski definition) is 3. The zero-order valence-electron chi connectivity index (χ0n) is 10.3. The lowest BCUT2D eigenvalue weighted by atomic mass is 10.2. The molecule has 3 N–H and O–H groups in total. The molecule has 2 aromatic heterocycles. The van der Waals surface area contributed by atoms with E-state index in [4.69, 9.17) is 5.11 Å². The monoisotopic (exact) mass is 327 g/mol. The fraction of sp³-hybridized carbons (Fsp3) is 0.364. The minimum absolute atomic E-state index is 0.102. The smallest absolute Gasteiger partial charge is 0.321 e. The van der Waals surface area contributed by atoms with Crippen molar-refractivity contribution in [2.45, 2.75) is 19.4 Å². The number of anilines is 1. The van der Waals surface area contributed by atoms with Gasteiger partial charge in [-0.25, -0.2) is 9.31 Å². The van der Waals surface area contributed by atoms with Gasteiger partial charge < -0.3 is 10.4 Å². The Kier molecular flexibility index (Phi) is 4.33. The maximum atomic E-state index is 11.7. The van der Waals surface area contributed by atoms with Gasteiger partial charge in [-0.1, -0.05) is 6.92 Å². The van der Waals surface area contributed by atoms with E-state index in [1.54, 1.807) is 16.8 Å². The lowest BCUT2D eigenvalue weighted by Crippen LogP contribution is -2.39.